The number of anilines is 1. The summed E-state index contributed by atoms with van der Waals surface area (Å²) in [5, 5.41) is 4.56. The smallest absolute Gasteiger partial charge is 0.223 e. The first-order valence-electron chi connectivity index (χ1n) is 9.05. The van der Waals surface area contributed by atoms with Crippen LogP contribution in [0.5, 0.6) is 0 Å². The summed E-state index contributed by atoms with van der Waals surface area (Å²) in [5.74, 6) is 0.524. The minimum Gasteiger partial charge on any atom is -0.378 e. The van der Waals surface area contributed by atoms with Crippen molar-refractivity contribution < 1.29 is 4.79 Å². The van der Waals surface area contributed by atoms with Crippen molar-refractivity contribution in [3.8, 4) is 11.4 Å². The third kappa shape index (κ3) is 2.75. The number of aromatic amines is 1. The van der Waals surface area contributed by atoms with E-state index in [1.165, 1.54) is 0 Å². The number of aromatic nitrogens is 3. The number of nitrogens with zero attached hydrogens (tertiary/aromatic N) is 2. The van der Waals surface area contributed by atoms with Gasteiger partial charge in [-0.15, -0.1) is 0 Å². The molecular weight excluding hydrogens is 397 g/mol. The second-order valence-corrected chi connectivity index (χ2v) is 8.17. The molecule has 2 bridgehead atoms. The first kappa shape index (κ1) is 17.5. The Labute approximate surface area is 171 Å². The number of carbonyl (C=O) groups excluding carboxylic acids is 1. The molecule has 1 amide bonds. The number of pyridine rings is 1. The van der Waals surface area contributed by atoms with Crippen molar-refractivity contribution >= 4 is 46.0 Å². The van der Waals surface area contributed by atoms with Crippen molar-refractivity contribution in [2.45, 2.75) is 12.5 Å². The lowest BCUT2D eigenvalue weighted by molar-refractivity contribution is -0.122. The highest BCUT2D eigenvalue weighted by atomic mass is 35.5. The number of nitrogens with one attached hydrogen (secondary N) is 2. The first-order valence-corrected chi connectivity index (χ1v) is 9.81. The average molecular weight is 414 g/mol. The predicted molar refractivity (Wildman–Crippen MR) is 110 cm³/mol. The van der Waals surface area contributed by atoms with Crippen LogP contribution >= 0.6 is 23.2 Å². The normalized spacial score (nSPS) is 25.5. The van der Waals surface area contributed by atoms with Crippen molar-refractivity contribution in [2.75, 3.05) is 5.32 Å². The van der Waals surface area contributed by atoms with Crippen LogP contribution in [0.3, 0.4) is 0 Å². The molecule has 4 N–H and O–H groups in total. The van der Waals surface area contributed by atoms with E-state index >= 15 is 0 Å². The molecular formula is C20H17Cl2N5O. The molecule has 28 heavy (non-hydrogen) atoms. The van der Waals surface area contributed by atoms with Crippen LogP contribution in [0.15, 0.2) is 42.6 Å². The minimum absolute atomic E-state index is 0.103. The highest BCUT2D eigenvalue weighted by Gasteiger charge is 2.47. The van der Waals surface area contributed by atoms with E-state index in [-0.39, 0.29) is 29.7 Å². The van der Waals surface area contributed by atoms with Crippen LogP contribution in [0.1, 0.15) is 6.42 Å². The number of hydrogen-bond acceptors (Lipinski definition) is 4. The van der Waals surface area contributed by atoms with E-state index in [0.29, 0.717) is 32.7 Å². The van der Waals surface area contributed by atoms with E-state index in [0.717, 1.165) is 12.0 Å². The molecule has 6 nitrogen and oxygen atoms in total. The molecule has 142 valence electrons. The molecule has 0 radical (unpaired) electrons. The number of imidazole rings is 1. The van der Waals surface area contributed by atoms with E-state index in [1.807, 2.05) is 24.3 Å². The number of H-pyrrole nitrogens is 1. The lowest BCUT2D eigenvalue weighted by Gasteiger charge is -2.28. The SMILES string of the molecule is NC(=O)[C@@H]1[C@H](Nc2c(Cl)cnc3nc(-c4cccc(Cl)c4)[nH]c23)[C@@H]2C=C[C@@H]1C2. The quantitative estimate of drug-likeness (QED) is 0.562. The average Bonchev–Trinajstić information content (AvgIpc) is 3.38. The number of hydrogen-bond donors (Lipinski definition) is 3. The summed E-state index contributed by atoms with van der Waals surface area (Å²) in [7, 11) is 0. The number of fused-ring (bicyclic) bond motifs is 3. The summed E-state index contributed by atoms with van der Waals surface area (Å²) in [6, 6.07) is 7.32. The maximum Gasteiger partial charge on any atom is 0.223 e. The Morgan fingerprint density at radius 1 is 1.25 bits per heavy atom. The van der Waals surface area contributed by atoms with Gasteiger partial charge >= 0.3 is 0 Å². The number of halogens is 2. The van der Waals surface area contributed by atoms with Gasteiger partial charge in [-0.1, -0.05) is 47.5 Å². The van der Waals surface area contributed by atoms with Crippen molar-refractivity contribution in [3.63, 3.8) is 0 Å². The van der Waals surface area contributed by atoms with Crippen LogP contribution in [0.4, 0.5) is 5.69 Å². The van der Waals surface area contributed by atoms with E-state index in [1.54, 1.807) is 6.20 Å². The largest absolute Gasteiger partial charge is 0.378 e. The fraction of sp³-hybridized carbons (Fsp3) is 0.250. The topological polar surface area (TPSA) is 96.7 Å². The van der Waals surface area contributed by atoms with Crippen LogP contribution in [0.2, 0.25) is 10.0 Å². The molecule has 3 aromatic rings. The van der Waals surface area contributed by atoms with Gasteiger partial charge in [0.1, 0.15) is 11.3 Å². The number of allylic oxidation sites excluding steroid dienone is 1. The van der Waals surface area contributed by atoms with Gasteiger partial charge in [0.15, 0.2) is 5.65 Å². The zero-order chi connectivity index (χ0) is 19.4. The molecule has 1 saturated carbocycles. The Hall–Kier alpha value is -2.57. The zero-order valence-electron chi connectivity index (χ0n) is 14.7. The molecule has 8 heteroatoms. The molecule has 5 rings (SSSR count). The van der Waals surface area contributed by atoms with Crippen molar-refractivity contribution in [1.29, 1.82) is 0 Å². The summed E-state index contributed by atoms with van der Waals surface area (Å²) in [6.45, 7) is 0. The maximum atomic E-state index is 12.0. The van der Waals surface area contributed by atoms with E-state index < -0.39 is 0 Å². The zero-order valence-corrected chi connectivity index (χ0v) is 16.2. The van der Waals surface area contributed by atoms with Crippen molar-refractivity contribution in [2.24, 2.45) is 23.5 Å². The second-order valence-electron chi connectivity index (χ2n) is 7.32. The Balaban J connectivity index is 1.57. The molecule has 2 aliphatic rings. The highest BCUT2D eigenvalue weighted by Crippen LogP contribution is 2.46. The van der Waals surface area contributed by atoms with Gasteiger partial charge in [-0.05, 0) is 30.4 Å². The number of nitrogens with two attached hydrogens (primary N) is 1. The first-order chi connectivity index (χ1) is 13.5. The van der Waals surface area contributed by atoms with E-state index in [2.05, 4.69) is 32.4 Å². The molecule has 2 aromatic heterocycles. The fourth-order valence-corrected chi connectivity index (χ4v) is 4.81. The van der Waals surface area contributed by atoms with E-state index in [9.17, 15) is 4.79 Å². The van der Waals surface area contributed by atoms with Gasteiger partial charge in [0.25, 0.3) is 0 Å². The third-order valence-corrected chi connectivity index (χ3v) is 6.19. The van der Waals surface area contributed by atoms with Crippen molar-refractivity contribution in [1.82, 2.24) is 15.0 Å². The van der Waals surface area contributed by atoms with Gasteiger partial charge < -0.3 is 16.0 Å². The molecule has 1 aromatic carbocycles. The van der Waals surface area contributed by atoms with Gasteiger partial charge in [0.2, 0.25) is 5.91 Å². The number of carbonyl (C=O) groups is 1. The molecule has 0 saturated heterocycles. The van der Waals surface area contributed by atoms with Crippen LogP contribution < -0.4 is 11.1 Å². The van der Waals surface area contributed by atoms with Gasteiger partial charge in [-0.3, -0.25) is 4.79 Å². The lowest BCUT2D eigenvalue weighted by Crippen LogP contribution is -2.41. The highest BCUT2D eigenvalue weighted by molar-refractivity contribution is 6.34. The minimum atomic E-state index is -0.292. The summed E-state index contributed by atoms with van der Waals surface area (Å²) < 4.78 is 0. The monoisotopic (exact) mass is 413 g/mol. The lowest BCUT2D eigenvalue weighted by atomic mass is 9.88. The van der Waals surface area contributed by atoms with Crippen molar-refractivity contribution in [3.05, 3.63) is 52.7 Å². The summed E-state index contributed by atoms with van der Waals surface area (Å²) in [5.41, 5.74) is 8.45. The van der Waals surface area contributed by atoms with Crippen LogP contribution in [0.25, 0.3) is 22.6 Å². The maximum absolute atomic E-state index is 12.0. The number of rotatable bonds is 4. The van der Waals surface area contributed by atoms with E-state index in [4.69, 9.17) is 28.9 Å². The van der Waals surface area contributed by atoms with Gasteiger partial charge in [0, 0.05) is 16.6 Å². The third-order valence-electron chi connectivity index (χ3n) is 5.67. The molecule has 2 heterocycles. The Bertz CT molecular complexity index is 1120. The fourth-order valence-electron chi connectivity index (χ4n) is 4.42. The van der Waals surface area contributed by atoms with Gasteiger partial charge in [-0.25, -0.2) is 9.97 Å². The standard InChI is InChI=1S/C20H17Cl2N5O/c21-12-3-1-2-11(7-12)19-26-17-16(13(22)8-24-20(17)27-19)25-15-10-5-4-9(6-10)14(15)18(23)28/h1-5,7-10,14-15H,6H2,(H2,23,28)(H2,24,25,26,27)/t9-,10-,14+,15-/m1/s1. The Kier molecular flexibility index (Phi) is 4.07. The summed E-state index contributed by atoms with van der Waals surface area (Å²) in [4.78, 5) is 24.2. The molecule has 0 unspecified atom stereocenters. The molecule has 0 spiro atoms. The second kappa shape index (κ2) is 6.50. The molecule has 4 atom stereocenters. The predicted octanol–water partition coefficient (Wildman–Crippen LogP) is 4.02. The summed E-state index contributed by atoms with van der Waals surface area (Å²) in [6.07, 6.45) is 6.74. The van der Waals surface area contributed by atoms with Crippen LogP contribution in [0, 0.1) is 17.8 Å². The molecule has 2 aliphatic carbocycles. The molecule has 1 fully saturated rings. The Morgan fingerprint density at radius 2 is 2.07 bits per heavy atom. The van der Waals surface area contributed by atoms with Crippen LogP contribution in [-0.4, -0.2) is 26.9 Å². The Morgan fingerprint density at radius 3 is 2.86 bits per heavy atom. The summed E-state index contributed by atoms with van der Waals surface area (Å²) >= 11 is 12.6. The molecule has 0 aliphatic heterocycles. The van der Waals surface area contributed by atoms with Gasteiger partial charge in [-0.2, -0.15) is 0 Å². The van der Waals surface area contributed by atoms with Gasteiger partial charge in [0.05, 0.1) is 22.8 Å². The number of amides is 1. The number of primary amides is 1. The number of benzene rings is 1. The van der Waals surface area contributed by atoms with Crippen LogP contribution in [-0.2, 0) is 4.79 Å².